The van der Waals surface area contributed by atoms with Crippen molar-refractivity contribution in [2.75, 3.05) is 0 Å². The standard InChI is InChI=1S/C46H30FN7/c1-48-45(36-16-8-30(9-17-36)39-24-20-34-14-12-32-4-2-26-49-41(32)43(34)52-39)54-46(51-28-29-6-22-38(47)23-7-29)37-18-10-31(11-19-37)40-25-21-35-15-13-33-5-3-27-50-42(33)44(35)53-40/h2-27H,1,28H2/b51-46-,54-45-. The van der Waals surface area contributed by atoms with E-state index in [1.54, 1.807) is 24.5 Å². The minimum absolute atomic E-state index is 0.298. The average Bonchev–Trinajstić information content (AvgIpc) is 3.24. The van der Waals surface area contributed by atoms with E-state index in [0.29, 0.717) is 18.2 Å². The molecule has 4 heterocycles. The first kappa shape index (κ1) is 32.6. The molecule has 0 aliphatic rings. The monoisotopic (exact) mass is 699 g/mol. The van der Waals surface area contributed by atoms with E-state index in [2.05, 4.69) is 58.1 Å². The maximum absolute atomic E-state index is 13.7. The number of amidine groups is 2. The second-order valence-corrected chi connectivity index (χ2v) is 12.8. The molecular formula is C46H30FN7. The minimum atomic E-state index is -0.298. The highest BCUT2D eigenvalue weighted by molar-refractivity contribution is 6.13. The SMILES string of the molecule is C=N/C(=N\C(=N/Cc1ccc(F)cc1)c1ccc(-c2ccc3ccc4cccnc4c3n2)cc1)c1ccc(-c2ccc3ccc4cccnc4c3n2)cc1. The number of hydrogen-bond donors (Lipinski definition) is 0. The van der Waals surface area contributed by atoms with Gasteiger partial charge in [0.05, 0.1) is 40.0 Å². The molecule has 54 heavy (non-hydrogen) atoms. The zero-order chi connectivity index (χ0) is 36.4. The molecule has 0 N–H and O–H groups in total. The summed E-state index contributed by atoms with van der Waals surface area (Å²) < 4.78 is 13.7. The van der Waals surface area contributed by atoms with Crippen molar-refractivity contribution in [1.29, 1.82) is 0 Å². The summed E-state index contributed by atoms with van der Waals surface area (Å²) >= 11 is 0. The molecule has 5 aromatic carbocycles. The van der Waals surface area contributed by atoms with E-state index in [0.717, 1.165) is 82.8 Å². The summed E-state index contributed by atoms with van der Waals surface area (Å²) in [6.45, 7) is 4.15. The van der Waals surface area contributed by atoms with Crippen LogP contribution in [-0.2, 0) is 6.54 Å². The third-order valence-electron chi connectivity index (χ3n) is 9.43. The van der Waals surface area contributed by atoms with Crippen molar-refractivity contribution >= 4 is 62.0 Å². The summed E-state index contributed by atoms with van der Waals surface area (Å²) in [4.78, 5) is 33.3. The van der Waals surface area contributed by atoms with Crippen LogP contribution >= 0.6 is 0 Å². The summed E-state index contributed by atoms with van der Waals surface area (Å²) in [7, 11) is 0. The highest BCUT2D eigenvalue weighted by Crippen LogP contribution is 2.28. The molecule has 0 aliphatic heterocycles. The van der Waals surface area contributed by atoms with Crippen LogP contribution in [-0.4, -0.2) is 38.3 Å². The predicted molar refractivity (Wildman–Crippen MR) is 218 cm³/mol. The Hall–Kier alpha value is -7.32. The van der Waals surface area contributed by atoms with E-state index in [1.165, 1.54) is 12.1 Å². The molecule has 0 spiro atoms. The Morgan fingerprint density at radius 3 is 1.46 bits per heavy atom. The van der Waals surface area contributed by atoms with Crippen LogP contribution in [0.5, 0.6) is 0 Å². The van der Waals surface area contributed by atoms with Gasteiger partial charge in [0.25, 0.3) is 0 Å². The first-order chi connectivity index (χ1) is 26.6. The Kier molecular flexibility index (Phi) is 8.45. The fourth-order valence-corrected chi connectivity index (χ4v) is 6.59. The Morgan fingerprint density at radius 2 is 0.963 bits per heavy atom. The van der Waals surface area contributed by atoms with Gasteiger partial charge in [0.15, 0.2) is 11.7 Å². The van der Waals surface area contributed by atoms with Crippen LogP contribution in [0.4, 0.5) is 4.39 Å². The third-order valence-corrected chi connectivity index (χ3v) is 9.43. The molecule has 7 nitrogen and oxygen atoms in total. The fourth-order valence-electron chi connectivity index (χ4n) is 6.59. The van der Waals surface area contributed by atoms with Gasteiger partial charge >= 0.3 is 0 Å². The zero-order valence-corrected chi connectivity index (χ0v) is 28.9. The van der Waals surface area contributed by atoms with E-state index >= 15 is 0 Å². The van der Waals surface area contributed by atoms with Crippen molar-refractivity contribution in [3.63, 3.8) is 0 Å². The molecule has 0 atom stereocenters. The van der Waals surface area contributed by atoms with Gasteiger partial charge in [0.1, 0.15) is 5.82 Å². The van der Waals surface area contributed by atoms with E-state index in [4.69, 9.17) is 20.0 Å². The van der Waals surface area contributed by atoms with Crippen LogP contribution in [0, 0.1) is 5.82 Å². The molecular weight excluding hydrogens is 670 g/mol. The summed E-state index contributed by atoms with van der Waals surface area (Å²) in [5.74, 6) is 0.587. The van der Waals surface area contributed by atoms with Gasteiger partial charge in [-0.1, -0.05) is 109 Å². The van der Waals surface area contributed by atoms with Crippen LogP contribution < -0.4 is 0 Å². The van der Waals surface area contributed by atoms with Gasteiger partial charge in [-0.25, -0.2) is 24.3 Å². The zero-order valence-electron chi connectivity index (χ0n) is 28.9. The van der Waals surface area contributed by atoms with Gasteiger partial charge in [-0.3, -0.25) is 15.0 Å². The first-order valence-electron chi connectivity index (χ1n) is 17.4. The van der Waals surface area contributed by atoms with E-state index in [9.17, 15) is 4.39 Å². The molecule has 0 radical (unpaired) electrons. The lowest BCUT2D eigenvalue weighted by molar-refractivity contribution is 0.627. The molecule has 4 aromatic heterocycles. The number of pyridine rings is 4. The number of nitrogens with zero attached hydrogens (tertiary/aromatic N) is 7. The number of hydrogen-bond acceptors (Lipinski definition) is 5. The minimum Gasteiger partial charge on any atom is -0.261 e. The topological polar surface area (TPSA) is 88.6 Å². The van der Waals surface area contributed by atoms with Crippen molar-refractivity contribution in [2.45, 2.75) is 6.54 Å². The van der Waals surface area contributed by atoms with Crippen molar-refractivity contribution in [3.8, 4) is 22.5 Å². The van der Waals surface area contributed by atoms with Crippen molar-refractivity contribution in [2.24, 2.45) is 15.0 Å². The lowest BCUT2D eigenvalue weighted by Gasteiger charge is -2.09. The lowest BCUT2D eigenvalue weighted by Crippen LogP contribution is -2.06. The van der Waals surface area contributed by atoms with Gasteiger partial charge in [0, 0.05) is 56.2 Å². The highest BCUT2D eigenvalue weighted by Gasteiger charge is 2.12. The number of rotatable bonds is 6. The number of halogens is 1. The Bertz CT molecular complexity index is 2920. The van der Waals surface area contributed by atoms with Gasteiger partial charge in [-0.05, 0) is 48.7 Å². The van der Waals surface area contributed by atoms with E-state index < -0.39 is 0 Å². The quantitative estimate of drug-likeness (QED) is 0.0982. The lowest BCUT2D eigenvalue weighted by atomic mass is 10.0. The van der Waals surface area contributed by atoms with Gasteiger partial charge in [0.2, 0.25) is 0 Å². The molecule has 9 rings (SSSR count). The molecule has 0 saturated heterocycles. The number of benzene rings is 5. The van der Waals surface area contributed by atoms with Crippen LogP contribution in [0.15, 0.2) is 173 Å². The molecule has 0 amide bonds. The van der Waals surface area contributed by atoms with Crippen molar-refractivity contribution < 1.29 is 4.39 Å². The summed E-state index contributed by atoms with van der Waals surface area (Å²) in [6.07, 6.45) is 3.58. The fraction of sp³-hybridized carbons (Fsp3) is 0.0217. The molecule has 0 fully saturated rings. The molecule has 8 heteroatoms. The van der Waals surface area contributed by atoms with E-state index in [1.807, 2.05) is 84.9 Å². The molecule has 256 valence electrons. The highest BCUT2D eigenvalue weighted by atomic mass is 19.1. The van der Waals surface area contributed by atoms with E-state index in [-0.39, 0.29) is 5.82 Å². The molecule has 0 bridgehead atoms. The number of aliphatic imine (C=N–C) groups is 3. The Morgan fingerprint density at radius 1 is 0.500 bits per heavy atom. The smallest absolute Gasteiger partial charge is 0.161 e. The van der Waals surface area contributed by atoms with Crippen LogP contribution in [0.3, 0.4) is 0 Å². The van der Waals surface area contributed by atoms with Crippen LogP contribution in [0.2, 0.25) is 0 Å². The molecule has 0 aliphatic carbocycles. The van der Waals surface area contributed by atoms with Crippen LogP contribution in [0.1, 0.15) is 16.7 Å². The summed E-state index contributed by atoms with van der Waals surface area (Å²) in [6, 6.07) is 46.6. The first-order valence-corrected chi connectivity index (χ1v) is 17.4. The summed E-state index contributed by atoms with van der Waals surface area (Å²) in [5.41, 5.74) is 9.43. The third kappa shape index (κ3) is 6.37. The molecule has 0 saturated carbocycles. The van der Waals surface area contributed by atoms with Crippen molar-refractivity contribution in [1.82, 2.24) is 19.9 Å². The average molecular weight is 700 g/mol. The second kappa shape index (κ2) is 14.0. The molecule has 9 aromatic rings. The normalized spacial score (nSPS) is 12.2. The van der Waals surface area contributed by atoms with Crippen molar-refractivity contribution in [3.05, 3.63) is 180 Å². The van der Waals surface area contributed by atoms with Gasteiger partial charge < -0.3 is 0 Å². The second-order valence-electron chi connectivity index (χ2n) is 12.8. The van der Waals surface area contributed by atoms with Gasteiger partial charge in [-0.2, -0.15) is 0 Å². The van der Waals surface area contributed by atoms with Gasteiger partial charge in [-0.15, -0.1) is 0 Å². The maximum Gasteiger partial charge on any atom is 0.161 e. The van der Waals surface area contributed by atoms with Crippen LogP contribution in [0.25, 0.3) is 66.1 Å². The Balaban J connectivity index is 1.05. The predicted octanol–water partition coefficient (Wildman–Crippen LogP) is 10.4. The summed E-state index contributed by atoms with van der Waals surface area (Å²) in [5, 5.41) is 4.16. The Labute approximate surface area is 310 Å². The number of fused-ring (bicyclic) bond motifs is 6. The molecule has 0 unspecified atom stereocenters. The maximum atomic E-state index is 13.7. The number of aromatic nitrogens is 4. The largest absolute Gasteiger partial charge is 0.261 e.